The molecule has 0 aromatic rings. The van der Waals surface area contributed by atoms with Crippen LogP contribution in [0.1, 0.15) is 0 Å². The summed E-state index contributed by atoms with van der Waals surface area (Å²) in [6, 6.07) is -1.48. The number of hydrogen-bond donors (Lipinski definition) is 0. The number of hydrogen-bond acceptors (Lipinski definition) is 10. The van der Waals surface area contributed by atoms with Crippen LogP contribution >= 0.6 is 6.72 Å². The Kier molecular flexibility index (Phi) is 9.17. The van der Waals surface area contributed by atoms with Crippen molar-refractivity contribution in [1.29, 1.82) is 0 Å². The number of methoxy groups -OCH3 is 4. The van der Waals surface area contributed by atoms with E-state index in [1.54, 1.807) is 0 Å². The molecule has 9 atom stereocenters. The molecule has 0 bridgehead atoms. The lowest BCUT2D eigenvalue weighted by Crippen LogP contribution is -2.40. The van der Waals surface area contributed by atoms with E-state index in [0.717, 1.165) is 0 Å². The van der Waals surface area contributed by atoms with Gasteiger partial charge in [0, 0.05) is 40.4 Å². The van der Waals surface area contributed by atoms with Crippen LogP contribution < -0.4 is 4.89 Å². The molecular formula is C14H24B2O9PS-. The first-order valence-electron chi connectivity index (χ1n) is 8.31. The van der Waals surface area contributed by atoms with E-state index in [1.165, 1.54) is 28.4 Å². The van der Waals surface area contributed by atoms with Crippen LogP contribution in [0.2, 0.25) is 0 Å². The van der Waals surface area contributed by atoms with Crippen molar-refractivity contribution in [2.45, 2.75) is 48.6 Å². The Bertz CT molecular complexity index is 519. The zero-order valence-electron chi connectivity index (χ0n) is 15.7. The van der Waals surface area contributed by atoms with Crippen LogP contribution in [0.25, 0.3) is 0 Å². The molecule has 0 aromatic heterocycles. The van der Waals surface area contributed by atoms with E-state index in [0.29, 0.717) is 0 Å². The average molecular weight is 421 g/mol. The lowest BCUT2D eigenvalue weighted by Gasteiger charge is -2.35. The van der Waals surface area contributed by atoms with Gasteiger partial charge in [0.05, 0.1) is 13.2 Å². The van der Waals surface area contributed by atoms with Crippen LogP contribution in [0, 0.1) is 0 Å². The predicted molar refractivity (Wildman–Crippen MR) is 98.2 cm³/mol. The number of rotatable bonds is 10. The van der Waals surface area contributed by atoms with Crippen molar-refractivity contribution in [1.82, 2.24) is 0 Å². The van der Waals surface area contributed by atoms with Gasteiger partial charge in [0.1, 0.15) is 59.0 Å². The second-order valence-corrected chi connectivity index (χ2v) is 8.85. The fraction of sp³-hybridized carbons (Fsp3) is 1.00. The first-order valence-corrected chi connectivity index (χ1v) is 10.9. The molecule has 3 unspecified atom stereocenters. The standard InChI is InChI=1S/C14H25B2O9PS/c1-18-5-7-10(12(21-4)14(16)23-7)25-26(17,27)22-6-8-9(19-2)11(20-3)13(15)24-8/h7-14H,5-6H2,1-4H3,(H,17,27)/p-1/t7-,8?,9-,10-,11-,12-,13?,14-,26?/m1/s1. The second kappa shape index (κ2) is 10.4. The third kappa shape index (κ3) is 5.73. The van der Waals surface area contributed by atoms with E-state index in [9.17, 15) is 4.89 Å². The van der Waals surface area contributed by atoms with E-state index in [4.69, 9.17) is 65.0 Å². The van der Waals surface area contributed by atoms with Crippen LogP contribution in [0.3, 0.4) is 0 Å². The van der Waals surface area contributed by atoms with Crippen molar-refractivity contribution >= 4 is 34.2 Å². The molecule has 0 aromatic carbocycles. The largest absolute Gasteiger partial charge is 0.780 e. The minimum Gasteiger partial charge on any atom is -0.780 e. The Morgan fingerprint density at radius 2 is 1.33 bits per heavy atom. The highest BCUT2D eigenvalue weighted by Gasteiger charge is 2.45. The van der Waals surface area contributed by atoms with Crippen LogP contribution in [-0.4, -0.2) is 106 Å². The monoisotopic (exact) mass is 421 g/mol. The predicted octanol–water partition coefficient (Wildman–Crippen LogP) is -1.55. The lowest BCUT2D eigenvalue weighted by atomic mass is 9.93. The molecular weight excluding hydrogens is 397 g/mol. The zero-order chi connectivity index (χ0) is 20.2. The van der Waals surface area contributed by atoms with Crippen LogP contribution in [0.15, 0.2) is 0 Å². The van der Waals surface area contributed by atoms with Gasteiger partial charge in [-0.15, -0.1) is 0 Å². The van der Waals surface area contributed by atoms with Gasteiger partial charge in [0.2, 0.25) is 0 Å². The Morgan fingerprint density at radius 3 is 1.81 bits per heavy atom. The van der Waals surface area contributed by atoms with Gasteiger partial charge in [0.15, 0.2) is 0 Å². The van der Waals surface area contributed by atoms with Crippen molar-refractivity contribution < 1.29 is 42.4 Å². The number of ether oxygens (including phenoxy) is 6. The summed E-state index contributed by atoms with van der Waals surface area (Å²) < 4.78 is 42.9. The molecule has 2 heterocycles. The summed E-state index contributed by atoms with van der Waals surface area (Å²) in [6.07, 6.45) is -3.70. The first kappa shape index (κ1) is 23.7. The van der Waals surface area contributed by atoms with Crippen molar-refractivity contribution in [2.75, 3.05) is 41.7 Å². The molecule has 0 spiro atoms. The molecule has 0 aliphatic carbocycles. The summed E-state index contributed by atoms with van der Waals surface area (Å²) in [7, 11) is 17.6. The maximum atomic E-state index is 12.7. The summed E-state index contributed by atoms with van der Waals surface area (Å²) >= 11 is 5.01. The summed E-state index contributed by atoms with van der Waals surface area (Å²) in [5.74, 6) is 0. The normalized spacial score (nSPS) is 41.7. The van der Waals surface area contributed by atoms with E-state index >= 15 is 0 Å². The minimum atomic E-state index is -3.92. The van der Waals surface area contributed by atoms with E-state index < -0.39 is 55.3 Å². The van der Waals surface area contributed by atoms with Gasteiger partial charge in [0.25, 0.3) is 0 Å². The van der Waals surface area contributed by atoms with Gasteiger partial charge in [-0.25, -0.2) is 0 Å². The molecule has 152 valence electrons. The zero-order valence-corrected chi connectivity index (χ0v) is 17.4. The van der Waals surface area contributed by atoms with Crippen molar-refractivity contribution in [2.24, 2.45) is 0 Å². The molecule has 0 saturated carbocycles. The quantitative estimate of drug-likeness (QED) is 0.305. The first-order chi connectivity index (χ1) is 12.8. The maximum Gasteiger partial charge on any atom is 0.120 e. The van der Waals surface area contributed by atoms with Crippen LogP contribution in [0.5, 0.6) is 0 Å². The Balaban J connectivity index is 1.98. The molecule has 4 radical (unpaired) electrons. The Hall–Kier alpha value is 0.420. The second-order valence-electron chi connectivity index (χ2n) is 6.15. The highest BCUT2D eigenvalue weighted by atomic mass is 32.5. The third-order valence-electron chi connectivity index (χ3n) is 4.49. The molecule has 9 nitrogen and oxygen atoms in total. The Morgan fingerprint density at radius 1 is 0.852 bits per heavy atom. The molecule has 2 aliphatic heterocycles. The van der Waals surface area contributed by atoms with Gasteiger partial charge < -0.3 is 42.4 Å². The molecule has 2 aliphatic rings. The van der Waals surface area contributed by atoms with Gasteiger partial charge in [-0.05, 0) is 0 Å². The van der Waals surface area contributed by atoms with E-state index in [-0.39, 0.29) is 13.2 Å². The van der Waals surface area contributed by atoms with E-state index in [1.807, 2.05) is 0 Å². The van der Waals surface area contributed by atoms with Gasteiger partial charge in [-0.1, -0.05) is 11.8 Å². The lowest BCUT2D eigenvalue weighted by molar-refractivity contribution is -0.218. The van der Waals surface area contributed by atoms with Gasteiger partial charge >= 0.3 is 0 Å². The highest BCUT2D eigenvalue weighted by Crippen LogP contribution is 2.45. The van der Waals surface area contributed by atoms with Crippen LogP contribution in [0.4, 0.5) is 0 Å². The summed E-state index contributed by atoms with van der Waals surface area (Å²) in [5, 5.41) is 0. The Labute approximate surface area is 167 Å². The SMILES string of the molecule is [B]C1OC(COP([O-])(=S)O[C@H]2[C@@H](OC)[C@H]([B])O[C@@H]2COC)[C@@H](OC)[C@H]1OC. The molecule has 27 heavy (non-hydrogen) atoms. The third-order valence-corrected chi connectivity index (χ3v) is 6.03. The smallest absolute Gasteiger partial charge is 0.120 e. The molecule has 2 fully saturated rings. The molecule has 13 heteroatoms. The van der Waals surface area contributed by atoms with Gasteiger partial charge in [-0.2, -0.15) is 0 Å². The van der Waals surface area contributed by atoms with E-state index in [2.05, 4.69) is 0 Å². The van der Waals surface area contributed by atoms with Crippen molar-refractivity contribution in [3.63, 3.8) is 0 Å². The van der Waals surface area contributed by atoms with Gasteiger partial charge in [-0.3, -0.25) is 0 Å². The van der Waals surface area contributed by atoms with Crippen LogP contribution in [-0.2, 0) is 49.3 Å². The molecule has 2 saturated heterocycles. The minimum absolute atomic E-state index is 0.154. The molecule has 0 amide bonds. The fourth-order valence-electron chi connectivity index (χ4n) is 3.24. The maximum absolute atomic E-state index is 12.7. The highest BCUT2D eigenvalue weighted by molar-refractivity contribution is 8.06. The molecule has 2 rings (SSSR count). The molecule has 0 N–H and O–H groups in total. The topological polar surface area (TPSA) is 96.9 Å². The average Bonchev–Trinajstić information content (AvgIpc) is 3.08. The van der Waals surface area contributed by atoms with Crippen molar-refractivity contribution in [3.8, 4) is 0 Å². The summed E-state index contributed by atoms with van der Waals surface area (Å²) in [6.45, 7) is -3.91. The summed E-state index contributed by atoms with van der Waals surface area (Å²) in [5.41, 5.74) is 0. The summed E-state index contributed by atoms with van der Waals surface area (Å²) in [4.78, 5) is 12.7. The van der Waals surface area contributed by atoms with Crippen molar-refractivity contribution in [3.05, 3.63) is 0 Å². The fourth-order valence-corrected chi connectivity index (χ4v) is 4.66.